The number of nitriles is 1. The van der Waals surface area contributed by atoms with Crippen LogP contribution in [0.15, 0.2) is 65.7 Å². The fraction of sp³-hybridized carbons (Fsp3) is 0.182. The molecule has 0 amide bonds. The average molecular weight is 405 g/mol. The van der Waals surface area contributed by atoms with Crippen LogP contribution in [0.1, 0.15) is 5.69 Å². The Balaban J connectivity index is 2.35. The predicted octanol–water partition coefficient (Wildman–Crippen LogP) is 1.52. The van der Waals surface area contributed by atoms with Gasteiger partial charge in [-0.1, -0.05) is 30.3 Å². The van der Waals surface area contributed by atoms with E-state index in [1.165, 1.54) is 22.0 Å². The number of aliphatic hydroxyl groups is 1. The van der Waals surface area contributed by atoms with Gasteiger partial charge in [0.25, 0.3) is 5.56 Å². The van der Waals surface area contributed by atoms with Gasteiger partial charge in [-0.2, -0.15) is 5.26 Å². The van der Waals surface area contributed by atoms with E-state index in [1.807, 2.05) is 30.3 Å². The first-order chi connectivity index (χ1) is 14.5. The Bertz CT molecular complexity index is 1170. The van der Waals surface area contributed by atoms with Crippen molar-refractivity contribution in [3.8, 4) is 22.9 Å². The Morgan fingerprint density at radius 3 is 2.60 bits per heavy atom. The van der Waals surface area contributed by atoms with E-state index >= 15 is 0 Å². The van der Waals surface area contributed by atoms with Gasteiger partial charge in [-0.15, -0.1) is 0 Å². The maximum absolute atomic E-state index is 13.3. The molecule has 8 nitrogen and oxygen atoms in total. The highest BCUT2D eigenvalue weighted by molar-refractivity contribution is 5.99. The summed E-state index contributed by atoms with van der Waals surface area (Å²) in [5.74, 6) is 6.50. The number of methoxy groups -OCH3 is 1. The summed E-state index contributed by atoms with van der Waals surface area (Å²) in [4.78, 5) is 13.3. The van der Waals surface area contributed by atoms with E-state index in [0.717, 1.165) is 5.56 Å². The third kappa shape index (κ3) is 3.85. The van der Waals surface area contributed by atoms with E-state index in [2.05, 4.69) is 6.07 Å². The second-order valence-corrected chi connectivity index (χ2v) is 6.65. The lowest BCUT2D eigenvalue weighted by molar-refractivity contribution is 0.149. The van der Waals surface area contributed by atoms with Gasteiger partial charge < -0.3 is 20.6 Å². The number of hydrogen-bond donors (Lipinski definition) is 3. The Labute approximate surface area is 173 Å². The van der Waals surface area contributed by atoms with Crippen LogP contribution in [0.5, 0.6) is 5.75 Å². The molecule has 154 valence electrons. The van der Waals surface area contributed by atoms with E-state index < -0.39 is 6.04 Å². The van der Waals surface area contributed by atoms with Crippen molar-refractivity contribution in [3.05, 3.63) is 77.0 Å². The molecule has 0 saturated carbocycles. The Kier molecular flexibility index (Phi) is 6.37. The maximum Gasteiger partial charge on any atom is 0.259 e. The zero-order valence-electron chi connectivity index (χ0n) is 16.5. The van der Waals surface area contributed by atoms with Crippen molar-refractivity contribution in [2.75, 3.05) is 13.7 Å². The standard InChI is InChI=1S/C22H23N5O3/c1-30-17-7-8-18-19(11-17)21(15-5-3-2-4-6-15)20(12-24)26(22(18)29)13-16(14-28)27(25)10-9-23/h2-11,16,28H,13-14,23,25H2,1H3/b10-9-. The Morgan fingerprint density at radius 1 is 1.27 bits per heavy atom. The molecule has 1 aromatic heterocycles. The summed E-state index contributed by atoms with van der Waals surface area (Å²) >= 11 is 0. The summed E-state index contributed by atoms with van der Waals surface area (Å²) in [7, 11) is 1.54. The molecule has 1 atom stereocenters. The molecule has 5 N–H and O–H groups in total. The first-order valence-corrected chi connectivity index (χ1v) is 9.28. The third-order valence-corrected chi connectivity index (χ3v) is 4.93. The zero-order chi connectivity index (χ0) is 21.7. The predicted molar refractivity (Wildman–Crippen MR) is 115 cm³/mol. The molecule has 0 bridgehead atoms. The number of fused-ring (bicyclic) bond motifs is 1. The van der Waals surface area contributed by atoms with Crippen LogP contribution >= 0.6 is 0 Å². The van der Waals surface area contributed by atoms with E-state index in [1.54, 1.807) is 25.3 Å². The topological polar surface area (TPSA) is 131 Å². The number of nitrogens with two attached hydrogens (primary N) is 2. The Morgan fingerprint density at radius 2 is 2.00 bits per heavy atom. The van der Waals surface area contributed by atoms with Crippen LogP contribution in [0.4, 0.5) is 0 Å². The van der Waals surface area contributed by atoms with Crippen LogP contribution in [0.25, 0.3) is 21.9 Å². The van der Waals surface area contributed by atoms with Crippen molar-refractivity contribution in [1.29, 1.82) is 5.26 Å². The molecular weight excluding hydrogens is 382 g/mol. The van der Waals surface area contributed by atoms with E-state index in [0.29, 0.717) is 22.1 Å². The second-order valence-electron chi connectivity index (χ2n) is 6.65. The number of ether oxygens (including phenoxy) is 1. The number of rotatable bonds is 7. The van der Waals surface area contributed by atoms with Crippen molar-refractivity contribution < 1.29 is 9.84 Å². The van der Waals surface area contributed by atoms with Gasteiger partial charge in [0.1, 0.15) is 17.5 Å². The SMILES string of the molecule is COc1ccc2c(=O)n(CC(CO)N(N)/C=C\N)c(C#N)c(-c3ccccc3)c2c1. The molecular formula is C22H23N5O3. The van der Waals surface area contributed by atoms with Crippen LogP contribution in [-0.2, 0) is 6.54 Å². The molecule has 30 heavy (non-hydrogen) atoms. The van der Waals surface area contributed by atoms with Gasteiger partial charge in [-0.05, 0) is 23.8 Å². The lowest BCUT2D eigenvalue weighted by Gasteiger charge is -2.26. The molecule has 0 saturated heterocycles. The largest absolute Gasteiger partial charge is 0.497 e. The van der Waals surface area contributed by atoms with E-state index in [-0.39, 0.29) is 24.4 Å². The second kappa shape index (κ2) is 9.13. The number of pyridine rings is 1. The van der Waals surface area contributed by atoms with Gasteiger partial charge in [0.2, 0.25) is 0 Å². The lowest BCUT2D eigenvalue weighted by Crippen LogP contribution is -2.44. The minimum atomic E-state index is -0.658. The number of aliphatic hydroxyl groups excluding tert-OH is 1. The summed E-state index contributed by atoms with van der Waals surface area (Å²) in [6.45, 7) is -0.333. The van der Waals surface area contributed by atoms with Crippen LogP contribution in [0, 0.1) is 11.3 Å². The van der Waals surface area contributed by atoms with Gasteiger partial charge >= 0.3 is 0 Å². The molecule has 0 aliphatic heterocycles. The fourth-order valence-electron chi connectivity index (χ4n) is 3.42. The normalized spacial score (nSPS) is 12.1. The van der Waals surface area contributed by atoms with Crippen molar-refractivity contribution in [2.45, 2.75) is 12.6 Å². The van der Waals surface area contributed by atoms with Crippen molar-refractivity contribution in [1.82, 2.24) is 9.58 Å². The molecule has 3 rings (SSSR count). The minimum Gasteiger partial charge on any atom is -0.497 e. The molecule has 0 fully saturated rings. The molecule has 2 aromatic carbocycles. The molecule has 3 aromatic rings. The summed E-state index contributed by atoms with van der Waals surface area (Å²) in [6, 6.07) is 16.0. The highest BCUT2D eigenvalue weighted by Gasteiger charge is 2.22. The summed E-state index contributed by atoms with van der Waals surface area (Å²) in [5.41, 5.74) is 6.61. The molecule has 0 aliphatic rings. The fourth-order valence-corrected chi connectivity index (χ4v) is 3.42. The van der Waals surface area contributed by atoms with Gasteiger partial charge in [-0.3, -0.25) is 9.36 Å². The summed E-state index contributed by atoms with van der Waals surface area (Å²) in [5, 5.41) is 22.1. The summed E-state index contributed by atoms with van der Waals surface area (Å²) < 4.78 is 6.68. The molecule has 1 unspecified atom stereocenters. The zero-order valence-corrected chi connectivity index (χ0v) is 16.5. The number of nitrogens with zero attached hydrogens (tertiary/aromatic N) is 3. The van der Waals surface area contributed by atoms with Gasteiger partial charge in [0.15, 0.2) is 0 Å². The number of aromatic nitrogens is 1. The maximum atomic E-state index is 13.3. The number of benzene rings is 2. The number of hydrogen-bond acceptors (Lipinski definition) is 7. The lowest BCUT2D eigenvalue weighted by atomic mass is 9.96. The Hall–Kier alpha value is -3.80. The van der Waals surface area contributed by atoms with Crippen molar-refractivity contribution in [2.24, 2.45) is 11.6 Å². The molecule has 8 heteroatoms. The number of hydrazine groups is 1. The van der Waals surface area contributed by atoms with Crippen LogP contribution in [0.3, 0.4) is 0 Å². The van der Waals surface area contributed by atoms with Crippen LogP contribution in [0.2, 0.25) is 0 Å². The molecule has 0 aliphatic carbocycles. The first-order valence-electron chi connectivity index (χ1n) is 9.28. The molecule has 1 heterocycles. The van der Waals surface area contributed by atoms with E-state index in [9.17, 15) is 15.2 Å². The highest BCUT2D eigenvalue weighted by atomic mass is 16.5. The minimum absolute atomic E-state index is 0.000863. The van der Waals surface area contributed by atoms with Crippen molar-refractivity contribution in [3.63, 3.8) is 0 Å². The first kappa shape index (κ1) is 20.9. The van der Waals surface area contributed by atoms with Gasteiger partial charge in [0, 0.05) is 28.7 Å². The quantitative estimate of drug-likeness (QED) is 0.401. The average Bonchev–Trinajstić information content (AvgIpc) is 2.78. The molecule has 0 spiro atoms. The van der Waals surface area contributed by atoms with Gasteiger partial charge in [-0.25, -0.2) is 5.84 Å². The summed E-state index contributed by atoms with van der Waals surface area (Å²) in [6.07, 6.45) is 2.63. The molecule has 0 radical (unpaired) electrons. The highest BCUT2D eigenvalue weighted by Crippen LogP contribution is 2.32. The van der Waals surface area contributed by atoms with Crippen LogP contribution < -0.4 is 21.9 Å². The van der Waals surface area contributed by atoms with E-state index in [4.69, 9.17) is 16.3 Å². The monoisotopic (exact) mass is 405 g/mol. The third-order valence-electron chi connectivity index (χ3n) is 4.93. The van der Waals surface area contributed by atoms with Crippen LogP contribution in [-0.4, -0.2) is 34.4 Å². The smallest absolute Gasteiger partial charge is 0.259 e. The van der Waals surface area contributed by atoms with Crippen molar-refractivity contribution >= 4 is 10.8 Å². The van der Waals surface area contributed by atoms with Gasteiger partial charge in [0.05, 0.1) is 26.3 Å².